The van der Waals surface area contributed by atoms with E-state index in [2.05, 4.69) is 10.5 Å². The maximum absolute atomic E-state index is 11.9. The van der Waals surface area contributed by atoms with Gasteiger partial charge < -0.3 is 15.3 Å². The number of phenols is 1. The number of carbonyl (C=O) groups is 1. The lowest BCUT2D eigenvalue weighted by Gasteiger charge is -2.07. The quantitative estimate of drug-likeness (QED) is 0.647. The number of phenolic OH excluding ortho intramolecular Hbond substituents is 1. The Morgan fingerprint density at radius 2 is 2.09 bits per heavy atom. The van der Waals surface area contributed by atoms with Gasteiger partial charge in [-0.05, 0) is 37.3 Å². The topological polar surface area (TPSA) is 102 Å². The maximum atomic E-state index is 11.9. The van der Waals surface area contributed by atoms with Crippen LogP contribution in [0.2, 0.25) is 5.02 Å². The van der Waals surface area contributed by atoms with E-state index in [9.17, 15) is 9.90 Å². The molecule has 0 aliphatic rings. The van der Waals surface area contributed by atoms with Gasteiger partial charge in [-0.15, -0.1) is 0 Å². The van der Waals surface area contributed by atoms with Crippen molar-refractivity contribution < 1.29 is 20.1 Å². The summed E-state index contributed by atoms with van der Waals surface area (Å²) in [6.07, 6.45) is 1.35. The zero-order chi connectivity index (χ0) is 15.9. The van der Waals surface area contributed by atoms with Crippen molar-refractivity contribution in [1.29, 1.82) is 0 Å². The van der Waals surface area contributed by atoms with Crippen LogP contribution in [0.1, 0.15) is 22.8 Å². The summed E-state index contributed by atoms with van der Waals surface area (Å²) in [5, 5.41) is 14.3. The highest BCUT2D eigenvalue weighted by atomic mass is 35.5. The molecule has 0 unspecified atom stereocenters. The van der Waals surface area contributed by atoms with Crippen LogP contribution in [0.25, 0.3) is 0 Å². The molecule has 0 saturated carbocycles. The first-order chi connectivity index (χ1) is 10.6. The Kier molecular flexibility index (Phi) is 7.05. The fourth-order valence-corrected chi connectivity index (χ4v) is 1.96. The summed E-state index contributed by atoms with van der Waals surface area (Å²) in [6, 6.07) is 11.6. The van der Waals surface area contributed by atoms with E-state index in [0.29, 0.717) is 28.5 Å². The molecule has 2 aromatic carbocycles. The maximum Gasteiger partial charge on any atom is 0.271 e. The van der Waals surface area contributed by atoms with E-state index in [1.165, 1.54) is 6.21 Å². The number of nitrogens with one attached hydrogen (secondary N) is 1. The molecule has 122 valence electrons. The zero-order valence-electron chi connectivity index (χ0n) is 12.4. The van der Waals surface area contributed by atoms with Gasteiger partial charge in [0, 0.05) is 16.1 Å². The molecule has 0 heterocycles. The molecule has 2 aromatic rings. The van der Waals surface area contributed by atoms with Crippen LogP contribution in [0.4, 0.5) is 0 Å². The van der Waals surface area contributed by atoms with Crippen molar-refractivity contribution in [3.05, 3.63) is 58.6 Å². The van der Waals surface area contributed by atoms with Gasteiger partial charge in [0.05, 0.1) is 12.8 Å². The van der Waals surface area contributed by atoms with E-state index in [1.807, 2.05) is 6.92 Å². The highest BCUT2D eigenvalue weighted by molar-refractivity contribution is 6.30. The molecule has 0 radical (unpaired) electrons. The average Bonchev–Trinajstić information content (AvgIpc) is 2.51. The Balaban J connectivity index is 0.00000264. The summed E-state index contributed by atoms with van der Waals surface area (Å²) in [5.41, 5.74) is 3.22. The molecule has 0 bridgehead atoms. The third-order valence-corrected chi connectivity index (χ3v) is 3.02. The highest BCUT2D eigenvalue weighted by Crippen LogP contribution is 2.28. The third-order valence-electron chi connectivity index (χ3n) is 2.79. The lowest BCUT2D eigenvalue weighted by Crippen LogP contribution is -2.17. The summed E-state index contributed by atoms with van der Waals surface area (Å²) in [4.78, 5) is 11.9. The van der Waals surface area contributed by atoms with Crippen molar-refractivity contribution >= 4 is 23.7 Å². The molecular weight excluding hydrogens is 320 g/mol. The summed E-state index contributed by atoms with van der Waals surface area (Å²) in [6.45, 7) is 2.27. The summed E-state index contributed by atoms with van der Waals surface area (Å²) in [5.74, 6) is -0.0445. The fraction of sp³-hybridized carbons (Fsp3) is 0.125. The summed E-state index contributed by atoms with van der Waals surface area (Å²) >= 11 is 5.82. The van der Waals surface area contributed by atoms with Crippen LogP contribution in [-0.2, 0) is 0 Å². The number of aromatic hydroxyl groups is 1. The van der Waals surface area contributed by atoms with E-state index < -0.39 is 0 Å². The second-order valence-electron chi connectivity index (χ2n) is 4.34. The minimum Gasteiger partial charge on any atom is -0.504 e. The molecule has 2 rings (SSSR count). The molecule has 0 saturated heterocycles. The van der Waals surface area contributed by atoms with Crippen molar-refractivity contribution in [3.63, 3.8) is 0 Å². The first-order valence-corrected chi connectivity index (χ1v) is 7.03. The second-order valence-corrected chi connectivity index (χ2v) is 4.77. The second kappa shape index (κ2) is 8.77. The summed E-state index contributed by atoms with van der Waals surface area (Å²) in [7, 11) is 0. The minimum absolute atomic E-state index is 0. The molecule has 4 N–H and O–H groups in total. The number of ether oxygens (including phenoxy) is 1. The predicted molar refractivity (Wildman–Crippen MR) is 89.4 cm³/mol. The monoisotopic (exact) mass is 336 g/mol. The Morgan fingerprint density at radius 1 is 1.35 bits per heavy atom. The van der Waals surface area contributed by atoms with Gasteiger partial charge in [0.25, 0.3) is 5.91 Å². The molecule has 0 aliphatic heterocycles. The minimum atomic E-state index is -0.390. The lowest BCUT2D eigenvalue weighted by molar-refractivity contribution is 0.0955. The average molecular weight is 337 g/mol. The number of carbonyl (C=O) groups excluding carboxylic acids is 1. The predicted octanol–water partition coefficient (Wildman–Crippen LogP) is 2.38. The number of hydrazone groups is 1. The Labute approximate surface area is 138 Å². The highest BCUT2D eigenvalue weighted by Gasteiger charge is 2.07. The van der Waals surface area contributed by atoms with Crippen molar-refractivity contribution in [2.75, 3.05) is 6.61 Å². The molecule has 23 heavy (non-hydrogen) atoms. The van der Waals surface area contributed by atoms with E-state index in [0.717, 1.165) is 0 Å². The Hall–Kier alpha value is -2.57. The number of nitrogens with zero attached hydrogens (tertiary/aromatic N) is 1. The van der Waals surface area contributed by atoms with Gasteiger partial charge in [0.1, 0.15) is 0 Å². The Morgan fingerprint density at radius 3 is 2.78 bits per heavy atom. The van der Waals surface area contributed by atoms with Gasteiger partial charge in [-0.1, -0.05) is 23.7 Å². The van der Waals surface area contributed by atoms with Crippen molar-refractivity contribution in [3.8, 4) is 11.5 Å². The van der Waals surface area contributed by atoms with Gasteiger partial charge >= 0.3 is 0 Å². The van der Waals surface area contributed by atoms with Crippen LogP contribution in [0.5, 0.6) is 11.5 Å². The number of para-hydroxylation sites is 1. The van der Waals surface area contributed by atoms with Crippen LogP contribution in [0.3, 0.4) is 0 Å². The third kappa shape index (κ3) is 4.98. The van der Waals surface area contributed by atoms with Crippen LogP contribution in [0, 0.1) is 0 Å². The van der Waals surface area contributed by atoms with E-state index >= 15 is 0 Å². The zero-order valence-corrected chi connectivity index (χ0v) is 13.2. The molecule has 0 atom stereocenters. The number of hydrogen-bond acceptors (Lipinski definition) is 4. The van der Waals surface area contributed by atoms with E-state index in [-0.39, 0.29) is 17.1 Å². The van der Waals surface area contributed by atoms with Gasteiger partial charge in [-0.25, -0.2) is 5.43 Å². The van der Waals surface area contributed by atoms with E-state index in [1.54, 1.807) is 42.5 Å². The molecule has 6 nitrogen and oxygen atoms in total. The van der Waals surface area contributed by atoms with Crippen LogP contribution >= 0.6 is 11.6 Å². The number of rotatable bonds is 5. The van der Waals surface area contributed by atoms with Crippen LogP contribution in [0.15, 0.2) is 47.6 Å². The van der Waals surface area contributed by atoms with Gasteiger partial charge in [-0.3, -0.25) is 4.79 Å². The number of halogens is 1. The van der Waals surface area contributed by atoms with Gasteiger partial charge in [0.2, 0.25) is 0 Å². The first kappa shape index (κ1) is 18.5. The number of amides is 1. The normalized spacial score (nSPS) is 10.2. The molecule has 0 fully saturated rings. The van der Waals surface area contributed by atoms with E-state index in [4.69, 9.17) is 16.3 Å². The van der Waals surface area contributed by atoms with Crippen molar-refractivity contribution in [2.45, 2.75) is 6.92 Å². The molecule has 1 amide bonds. The molecule has 0 spiro atoms. The smallest absolute Gasteiger partial charge is 0.271 e. The fourth-order valence-electron chi connectivity index (χ4n) is 1.77. The first-order valence-electron chi connectivity index (χ1n) is 6.65. The molecule has 0 aromatic heterocycles. The van der Waals surface area contributed by atoms with Crippen molar-refractivity contribution in [2.24, 2.45) is 5.10 Å². The number of hydrogen-bond donors (Lipinski definition) is 2. The Bertz CT molecular complexity index is 704. The van der Waals surface area contributed by atoms with Crippen molar-refractivity contribution in [1.82, 2.24) is 5.43 Å². The SMILES string of the molecule is CCOc1cccc(/C=N/NC(=O)c2cccc(Cl)c2)c1O.O. The largest absolute Gasteiger partial charge is 0.504 e. The summed E-state index contributed by atoms with van der Waals surface area (Å²) < 4.78 is 5.27. The molecule has 7 heteroatoms. The molecule has 0 aliphatic carbocycles. The lowest BCUT2D eigenvalue weighted by atomic mass is 10.2. The van der Waals surface area contributed by atoms with Crippen LogP contribution in [-0.4, -0.2) is 29.3 Å². The van der Waals surface area contributed by atoms with Gasteiger partial charge in [0.15, 0.2) is 11.5 Å². The van der Waals surface area contributed by atoms with Gasteiger partial charge in [-0.2, -0.15) is 5.10 Å². The molecular formula is C16H17ClN2O4. The standard InChI is InChI=1S/C16H15ClN2O3.H2O/c1-2-22-14-8-4-6-12(15(14)20)10-18-19-16(21)11-5-3-7-13(17)9-11;/h3-10,20H,2H2,1H3,(H,19,21);1H2/b18-10+;. The number of benzene rings is 2. The van der Waals surface area contributed by atoms with Crippen LogP contribution < -0.4 is 10.2 Å².